The largest absolute Gasteiger partial charge is 0.367 e. The molecule has 2 nitrogen and oxygen atoms in total. The van der Waals surface area contributed by atoms with E-state index in [4.69, 9.17) is 5.73 Å². The summed E-state index contributed by atoms with van der Waals surface area (Å²) in [4.78, 5) is 2.52. The number of hydrogen-bond acceptors (Lipinski definition) is 2. The summed E-state index contributed by atoms with van der Waals surface area (Å²) >= 11 is 0. The van der Waals surface area contributed by atoms with Gasteiger partial charge in [0.15, 0.2) is 0 Å². The van der Waals surface area contributed by atoms with E-state index < -0.39 is 0 Å². The third-order valence-corrected chi connectivity index (χ3v) is 4.00. The lowest BCUT2D eigenvalue weighted by Crippen LogP contribution is -2.58. The molecule has 2 heteroatoms. The standard InChI is InChI=1S/C13H18N2/c14-8-13-11-6-10(7-11)9-15(13)12-4-2-1-3-5-12/h1-5,10-11,13H,6-9,14H2. The Labute approximate surface area is 91.1 Å². The fraction of sp³-hybridized carbons (Fsp3) is 0.538. The number of piperidine rings is 2. The Hall–Kier alpha value is -1.02. The van der Waals surface area contributed by atoms with Gasteiger partial charge in [-0.1, -0.05) is 18.2 Å². The summed E-state index contributed by atoms with van der Waals surface area (Å²) in [6.07, 6.45) is 2.82. The molecule has 1 atom stereocenters. The number of nitrogens with zero attached hydrogens (tertiary/aromatic N) is 1. The van der Waals surface area contributed by atoms with Crippen LogP contribution in [0.5, 0.6) is 0 Å². The zero-order valence-corrected chi connectivity index (χ0v) is 8.97. The van der Waals surface area contributed by atoms with Crippen LogP contribution in [0.15, 0.2) is 30.3 Å². The molecule has 2 saturated heterocycles. The Kier molecular flexibility index (Phi) is 2.17. The summed E-state index contributed by atoms with van der Waals surface area (Å²) in [7, 11) is 0. The molecule has 3 fully saturated rings. The summed E-state index contributed by atoms with van der Waals surface area (Å²) < 4.78 is 0. The first kappa shape index (κ1) is 9.22. The van der Waals surface area contributed by atoms with Gasteiger partial charge in [-0.15, -0.1) is 0 Å². The molecule has 1 aromatic rings. The van der Waals surface area contributed by atoms with Crippen molar-refractivity contribution in [2.45, 2.75) is 18.9 Å². The molecule has 2 bridgehead atoms. The molecule has 1 unspecified atom stereocenters. The highest BCUT2D eigenvalue weighted by Crippen LogP contribution is 2.44. The fourth-order valence-electron chi connectivity index (χ4n) is 3.15. The second kappa shape index (κ2) is 3.53. The Morgan fingerprint density at radius 2 is 1.93 bits per heavy atom. The average molecular weight is 202 g/mol. The molecule has 2 heterocycles. The van der Waals surface area contributed by atoms with Crippen molar-refractivity contribution in [2.75, 3.05) is 18.0 Å². The lowest BCUT2D eigenvalue weighted by atomic mass is 9.66. The minimum absolute atomic E-state index is 0.581. The van der Waals surface area contributed by atoms with E-state index in [0.717, 1.165) is 18.4 Å². The maximum Gasteiger partial charge on any atom is 0.0440 e. The average Bonchev–Trinajstić information content (AvgIpc) is 2.28. The Morgan fingerprint density at radius 3 is 2.60 bits per heavy atom. The van der Waals surface area contributed by atoms with Gasteiger partial charge in [0.25, 0.3) is 0 Å². The molecule has 0 aromatic heterocycles. The molecule has 0 amide bonds. The maximum atomic E-state index is 5.90. The van der Waals surface area contributed by atoms with E-state index in [2.05, 4.69) is 35.2 Å². The smallest absolute Gasteiger partial charge is 0.0440 e. The highest BCUT2D eigenvalue weighted by Gasteiger charge is 2.43. The van der Waals surface area contributed by atoms with Crippen LogP contribution in [0.25, 0.3) is 0 Å². The molecule has 15 heavy (non-hydrogen) atoms. The predicted octanol–water partition coefficient (Wildman–Crippen LogP) is 1.86. The molecule has 1 saturated carbocycles. The molecular weight excluding hydrogens is 184 g/mol. The number of nitrogens with two attached hydrogens (primary N) is 1. The Bertz CT molecular complexity index is 330. The first-order chi connectivity index (χ1) is 7.38. The van der Waals surface area contributed by atoms with Gasteiger partial charge in [0, 0.05) is 24.8 Å². The number of para-hydroxylation sites is 1. The van der Waals surface area contributed by atoms with Gasteiger partial charge in [-0.3, -0.25) is 0 Å². The molecule has 3 aliphatic rings. The maximum absolute atomic E-state index is 5.90. The van der Waals surface area contributed by atoms with E-state index in [9.17, 15) is 0 Å². The van der Waals surface area contributed by atoms with Gasteiger partial charge in [0.1, 0.15) is 0 Å². The number of hydrogen-bond donors (Lipinski definition) is 1. The van der Waals surface area contributed by atoms with Crippen molar-refractivity contribution in [3.63, 3.8) is 0 Å². The quantitative estimate of drug-likeness (QED) is 0.793. The Balaban J connectivity index is 1.86. The number of benzene rings is 1. The minimum atomic E-state index is 0.581. The Morgan fingerprint density at radius 1 is 1.20 bits per heavy atom. The predicted molar refractivity (Wildman–Crippen MR) is 62.8 cm³/mol. The second-order valence-corrected chi connectivity index (χ2v) is 4.89. The minimum Gasteiger partial charge on any atom is -0.367 e. The lowest BCUT2D eigenvalue weighted by molar-refractivity contribution is 0.114. The van der Waals surface area contributed by atoms with Crippen LogP contribution in [0.1, 0.15) is 12.8 Å². The molecule has 80 valence electrons. The fourth-order valence-corrected chi connectivity index (χ4v) is 3.15. The summed E-state index contributed by atoms with van der Waals surface area (Å²) in [6, 6.07) is 11.3. The first-order valence-electron chi connectivity index (χ1n) is 5.90. The van der Waals surface area contributed by atoms with Crippen molar-refractivity contribution >= 4 is 5.69 Å². The van der Waals surface area contributed by atoms with Gasteiger partial charge in [-0.2, -0.15) is 0 Å². The van der Waals surface area contributed by atoms with Crippen molar-refractivity contribution in [1.29, 1.82) is 0 Å². The van der Waals surface area contributed by atoms with Crippen molar-refractivity contribution in [3.8, 4) is 0 Å². The van der Waals surface area contributed by atoms with Crippen LogP contribution in [0.4, 0.5) is 5.69 Å². The molecule has 0 radical (unpaired) electrons. The molecule has 1 aliphatic carbocycles. The molecule has 0 spiro atoms. The van der Waals surface area contributed by atoms with Crippen molar-refractivity contribution in [2.24, 2.45) is 17.6 Å². The molecule has 2 N–H and O–H groups in total. The third-order valence-electron chi connectivity index (χ3n) is 4.00. The van der Waals surface area contributed by atoms with Crippen molar-refractivity contribution in [3.05, 3.63) is 30.3 Å². The number of rotatable bonds is 2. The van der Waals surface area contributed by atoms with E-state index in [0.29, 0.717) is 6.04 Å². The van der Waals surface area contributed by atoms with Gasteiger partial charge >= 0.3 is 0 Å². The summed E-state index contributed by atoms with van der Waals surface area (Å²) in [5, 5.41) is 0. The van der Waals surface area contributed by atoms with Gasteiger partial charge in [-0.05, 0) is 36.8 Å². The molecule has 1 aromatic carbocycles. The SMILES string of the molecule is NCC1C2CC(C2)CN1c1ccccc1. The highest BCUT2D eigenvalue weighted by atomic mass is 15.2. The van der Waals surface area contributed by atoms with E-state index in [1.54, 1.807) is 0 Å². The lowest BCUT2D eigenvalue weighted by Gasteiger charge is -2.54. The van der Waals surface area contributed by atoms with Crippen LogP contribution in [-0.4, -0.2) is 19.1 Å². The highest BCUT2D eigenvalue weighted by molar-refractivity contribution is 5.48. The van der Waals surface area contributed by atoms with E-state index in [-0.39, 0.29) is 0 Å². The van der Waals surface area contributed by atoms with E-state index in [1.165, 1.54) is 25.1 Å². The van der Waals surface area contributed by atoms with Crippen LogP contribution in [0.3, 0.4) is 0 Å². The van der Waals surface area contributed by atoms with Gasteiger partial charge in [-0.25, -0.2) is 0 Å². The van der Waals surface area contributed by atoms with E-state index in [1.807, 2.05) is 0 Å². The van der Waals surface area contributed by atoms with Crippen molar-refractivity contribution in [1.82, 2.24) is 0 Å². The van der Waals surface area contributed by atoms with Gasteiger partial charge in [0.2, 0.25) is 0 Å². The number of fused-ring (bicyclic) bond motifs is 2. The zero-order chi connectivity index (χ0) is 10.3. The molecule has 4 rings (SSSR count). The summed E-state index contributed by atoms with van der Waals surface area (Å²) in [5.41, 5.74) is 7.25. The second-order valence-electron chi connectivity index (χ2n) is 4.89. The van der Waals surface area contributed by atoms with Gasteiger partial charge in [0.05, 0.1) is 0 Å². The normalized spacial score (nSPS) is 33.7. The van der Waals surface area contributed by atoms with E-state index >= 15 is 0 Å². The van der Waals surface area contributed by atoms with Crippen LogP contribution in [-0.2, 0) is 0 Å². The zero-order valence-electron chi connectivity index (χ0n) is 8.97. The third kappa shape index (κ3) is 1.44. The first-order valence-corrected chi connectivity index (χ1v) is 5.90. The van der Waals surface area contributed by atoms with Crippen LogP contribution in [0, 0.1) is 11.8 Å². The molecule has 2 aliphatic heterocycles. The topological polar surface area (TPSA) is 29.3 Å². The monoisotopic (exact) mass is 202 g/mol. The van der Waals surface area contributed by atoms with Crippen LogP contribution >= 0.6 is 0 Å². The van der Waals surface area contributed by atoms with Gasteiger partial charge < -0.3 is 10.6 Å². The summed E-state index contributed by atoms with van der Waals surface area (Å²) in [5.74, 6) is 1.78. The number of anilines is 1. The van der Waals surface area contributed by atoms with Crippen molar-refractivity contribution < 1.29 is 0 Å². The van der Waals surface area contributed by atoms with Crippen LogP contribution in [0.2, 0.25) is 0 Å². The summed E-state index contributed by atoms with van der Waals surface area (Å²) in [6.45, 7) is 2.01. The van der Waals surface area contributed by atoms with Crippen LogP contribution < -0.4 is 10.6 Å². The molecular formula is C13H18N2.